The van der Waals surface area contributed by atoms with E-state index in [-0.39, 0.29) is 11.7 Å². The Morgan fingerprint density at radius 3 is 3.04 bits per heavy atom. The minimum atomic E-state index is -0.659. The van der Waals surface area contributed by atoms with Crippen LogP contribution >= 0.6 is 15.9 Å². The Bertz CT molecular complexity index is 761. The second-order valence-corrected chi connectivity index (χ2v) is 6.05. The highest BCUT2D eigenvalue weighted by Gasteiger charge is 2.26. The molecule has 0 aliphatic carbocycles. The maximum Gasteiger partial charge on any atom is 0.273 e. The molecule has 0 spiro atoms. The standard InChI is InChI=1S/C17H15BrN2O3/c18-13-5-6-15(21)12(9-13)10-19-20-17(22)16-14-4-2-1-3-11(14)7-8-23-16/h1-6,9-10,16,21H,7-8H2,(H,20,22)/b19-10-. The van der Waals surface area contributed by atoms with Gasteiger partial charge in [-0.2, -0.15) is 5.10 Å². The van der Waals surface area contributed by atoms with Gasteiger partial charge < -0.3 is 9.84 Å². The topological polar surface area (TPSA) is 70.9 Å². The van der Waals surface area contributed by atoms with E-state index in [1.54, 1.807) is 18.2 Å². The number of carbonyl (C=O) groups excluding carboxylic acids is 1. The number of carbonyl (C=O) groups is 1. The fourth-order valence-corrected chi connectivity index (χ4v) is 2.84. The molecule has 0 radical (unpaired) electrons. The number of aromatic hydroxyl groups is 1. The summed E-state index contributed by atoms with van der Waals surface area (Å²) in [7, 11) is 0. The third-order valence-corrected chi connectivity index (χ3v) is 4.09. The highest BCUT2D eigenvalue weighted by Crippen LogP contribution is 2.27. The average Bonchev–Trinajstić information content (AvgIpc) is 2.57. The lowest BCUT2D eigenvalue weighted by Crippen LogP contribution is -2.31. The van der Waals surface area contributed by atoms with Crippen LogP contribution in [0, 0.1) is 0 Å². The molecule has 0 fully saturated rings. The molecule has 2 aromatic rings. The smallest absolute Gasteiger partial charge is 0.273 e. The van der Waals surface area contributed by atoms with Crippen LogP contribution in [0.3, 0.4) is 0 Å². The van der Waals surface area contributed by atoms with Crippen LogP contribution in [-0.4, -0.2) is 23.8 Å². The summed E-state index contributed by atoms with van der Waals surface area (Å²) in [6.45, 7) is 0.505. The summed E-state index contributed by atoms with van der Waals surface area (Å²) in [6, 6.07) is 12.7. The van der Waals surface area contributed by atoms with E-state index in [1.165, 1.54) is 6.21 Å². The molecule has 23 heavy (non-hydrogen) atoms. The van der Waals surface area contributed by atoms with Crippen molar-refractivity contribution in [2.45, 2.75) is 12.5 Å². The number of nitrogens with zero attached hydrogens (tertiary/aromatic N) is 1. The van der Waals surface area contributed by atoms with Crippen molar-refractivity contribution < 1.29 is 14.6 Å². The van der Waals surface area contributed by atoms with Crippen LogP contribution in [0.1, 0.15) is 22.8 Å². The summed E-state index contributed by atoms with van der Waals surface area (Å²) < 4.78 is 6.38. The fraction of sp³-hybridized carbons (Fsp3) is 0.176. The highest BCUT2D eigenvalue weighted by atomic mass is 79.9. The number of phenols is 1. The van der Waals surface area contributed by atoms with Gasteiger partial charge in [-0.1, -0.05) is 40.2 Å². The molecule has 1 heterocycles. The Morgan fingerprint density at radius 1 is 1.35 bits per heavy atom. The maximum absolute atomic E-state index is 12.3. The Morgan fingerprint density at radius 2 is 2.17 bits per heavy atom. The van der Waals surface area contributed by atoms with Crippen molar-refractivity contribution in [2.24, 2.45) is 5.10 Å². The van der Waals surface area contributed by atoms with Gasteiger partial charge in [-0.05, 0) is 35.7 Å². The molecule has 2 N–H and O–H groups in total. The first-order valence-electron chi connectivity index (χ1n) is 7.16. The van der Waals surface area contributed by atoms with Gasteiger partial charge in [0.25, 0.3) is 5.91 Å². The number of ether oxygens (including phenoxy) is 1. The lowest BCUT2D eigenvalue weighted by molar-refractivity contribution is -0.134. The van der Waals surface area contributed by atoms with E-state index in [0.717, 1.165) is 22.0 Å². The van der Waals surface area contributed by atoms with E-state index < -0.39 is 6.10 Å². The van der Waals surface area contributed by atoms with Crippen molar-refractivity contribution in [1.29, 1.82) is 0 Å². The summed E-state index contributed by atoms with van der Waals surface area (Å²) in [6.07, 6.45) is 1.54. The quantitative estimate of drug-likeness (QED) is 0.640. The number of hydrazone groups is 1. The average molecular weight is 375 g/mol. The largest absolute Gasteiger partial charge is 0.507 e. The monoisotopic (exact) mass is 374 g/mol. The summed E-state index contributed by atoms with van der Waals surface area (Å²) in [5.74, 6) is -0.242. The molecule has 0 saturated carbocycles. The molecule has 1 amide bonds. The first kappa shape index (κ1) is 15.7. The lowest BCUT2D eigenvalue weighted by atomic mass is 9.97. The molecule has 6 heteroatoms. The van der Waals surface area contributed by atoms with Crippen LogP contribution in [0.4, 0.5) is 0 Å². The van der Waals surface area contributed by atoms with Crippen molar-refractivity contribution in [2.75, 3.05) is 6.61 Å². The van der Waals surface area contributed by atoms with E-state index in [1.807, 2.05) is 24.3 Å². The zero-order valence-electron chi connectivity index (χ0n) is 12.2. The third-order valence-electron chi connectivity index (χ3n) is 3.60. The molecule has 0 saturated heterocycles. The number of halogens is 1. The van der Waals surface area contributed by atoms with E-state index in [2.05, 4.69) is 26.5 Å². The van der Waals surface area contributed by atoms with Crippen molar-refractivity contribution in [1.82, 2.24) is 5.43 Å². The third kappa shape index (κ3) is 3.60. The Labute approximate surface area is 142 Å². The Hall–Kier alpha value is -2.18. The van der Waals surface area contributed by atoms with Crippen molar-refractivity contribution >= 4 is 28.1 Å². The molecule has 1 aliphatic heterocycles. The SMILES string of the molecule is O=C(N/N=C\c1cc(Br)ccc1O)C1OCCc2ccccc21. The van der Waals surface area contributed by atoms with Gasteiger partial charge in [-0.15, -0.1) is 0 Å². The molecule has 1 aliphatic rings. The van der Waals surface area contributed by atoms with Crippen molar-refractivity contribution in [3.05, 3.63) is 63.6 Å². The van der Waals surface area contributed by atoms with Gasteiger partial charge in [-0.25, -0.2) is 5.43 Å². The molecule has 2 aromatic carbocycles. The predicted molar refractivity (Wildman–Crippen MR) is 90.4 cm³/mol. The van der Waals surface area contributed by atoms with Crippen LogP contribution in [0.2, 0.25) is 0 Å². The normalized spacial score (nSPS) is 17.0. The number of benzene rings is 2. The molecule has 1 unspecified atom stereocenters. The number of phenolic OH excluding ortho intramolecular Hbond substituents is 1. The molecule has 0 bridgehead atoms. The van der Waals surface area contributed by atoms with Gasteiger partial charge >= 0.3 is 0 Å². The van der Waals surface area contributed by atoms with Gasteiger partial charge in [0.05, 0.1) is 12.8 Å². The first-order valence-corrected chi connectivity index (χ1v) is 7.95. The van der Waals surface area contributed by atoms with E-state index in [0.29, 0.717) is 12.2 Å². The van der Waals surface area contributed by atoms with Crippen molar-refractivity contribution in [3.8, 4) is 5.75 Å². The maximum atomic E-state index is 12.3. The lowest BCUT2D eigenvalue weighted by Gasteiger charge is -2.24. The van der Waals surface area contributed by atoms with Crippen LogP contribution in [-0.2, 0) is 16.0 Å². The summed E-state index contributed by atoms with van der Waals surface area (Å²) in [5.41, 5.74) is 4.96. The van der Waals surface area contributed by atoms with Crippen molar-refractivity contribution in [3.63, 3.8) is 0 Å². The van der Waals surface area contributed by atoms with Gasteiger partial charge in [0.15, 0.2) is 6.10 Å². The minimum Gasteiger partial charge on any atom is -0.507 e. The zero-order valence-corrected chi connectivity index (χ0v) is 13.8. The number of hydrogen-bond donors (Lipinski definition) is 2. The van der Waals surface area contributed by atoms with Crippen LogP contribution in [0.25, 0.3) is 0 Å². The van der Waals surface area contributed by atoms with Crippen LogP contribution in [0.5, 0.6) is 5.75 Å². The molecule has 0 aromatic heterocycles. The zero-order chi connectivity index (χ0) is 16.2. The predicted octanol–water partition coefficient (Wildman–Crippen LogP) is 2.92. The van der Waals surface area contributed by atoms with E-state index in [9.17, 15) is 9.90 Å². The molecular formula is C17H15BrN2O3. The molecule has 3 rings (SSSR count). The number of rotatable bonds is 3. The molecule has 1 atom stereocenters. The van der Waals surface area contributed by atoms with Crippen LogP contribution in [0.15, 0.2) is 52.0 Å². The van der Waals surface area contributed by atoms with Gasteiger partial charge in [-0.3, -0.25) is 4.79 Å². The fourth-order valence-electron chi connectivity index (χ4n) is 2.46. The number of amides is 1. The number of fused-ring (bicyclic) bond motifs is 1. The van der Waals surface area contributed by atoms with Gasteiger partial charge in [0.1, 0.15) is 5.75 Å². The molecular weight excluding hydrogens is 360 g/mol. The van der Waals surface area contributed by atoms with Gasteiger partial charge in [0.2, 0.25) is 0 Å². The number of nitrogens with one attached hydrogen (secondary N) is 1. The molecule has 118 valence electrons. The summed E-state index contributed by atoms with van der Waals surface area (Å²) in [4.78, 5) is 12.3. The highest BCUT2D eigenvalue weighted by molar-refractivity contribution is 9.10. The Kier molecular flexibility index (Phi) is 4.73. The second kappa shape index (κ2) is 6.93. The first-order chi connectivity index (χ1) is 11.1. The van der Waals surface area contributed by atoms with E-state index >= 15 is 0 Å². The molecule has 5 nitrogen and oxygen atoms in total. The van der Waals surface area contributed by atoms with Gasteiger partial charge in [0, 0.05) is 10.0 Å². The van der Waals surface area contributed by atoms with E-state index in [4.69, 9.17) is 4.74 Å². The Balaban J connectivity index is 1.71. The second-order valence-electron chi connectivity index (χ2n) is 5.14. The minimum absolute atomic E-state index is 0.0884. The van der Waals surface area contributed by atoms with Crippen LogP contribution < -0.4 is 5.43 Å². The summed E-state index contributed by atoms with van der Waals surface area (Å²) >= 11 is 3.32. The summed E-state index contributed by atoms with van der Waals surface area (Å²) in [5, 5.41) is 13.6. The number of hydrogen-bond acceptors (Lipinski definition) is 4.